The van der Waals surface area contributed by atoms with Gasteiger partial charge in [0.1, 0.15) is 0 Å². The quantitative estimate of drug-likeness (QED) is 0.709. The van der Waals surface area contributed by atoms with E-state index in [1.54, 1.807) is 0 Å². The predicted octanol–water partition coefficient (Wildman–Crippen LogP) is 1.88. The van der Waals surface area contributed by atoms with Crippen molar-refractivity contribution in [1.82, 2.24) is 4.72 Å². The van der Waals surface area contributed by atoms with Crippen LogP contribution in [0.2, 0.25) is 0 Å². The Morgan fingerprint density at radius 2 is 1.92 bits per heavy atom. The number of halogens is 1. The van der Waals surface area contributed by atoms with Crippen molar-refractivity contribution in [2.24, 2.45) is 5.92 Å². The molecule has 0 radical (unpaired) electrons. The molecule has 0 bridgehead atoms. The Bertz CT molecular complexity index is 215. The molecule has 0 aliphatic rings. The largest absolute Gasteiger partial charge is 0.297 e. The molecule has 5 heteroatoms. The summed E-state index contributed by atoms with van der Waals surface area (Å²) >= 11 is 0. The Kier molecular flexibility index (Phi) is 5.13. The maximum absolute atomic E-state index is 10.6. The topological polar surface area (TPSA) is 46.2 Å². The maximum Gasteiger partial charge on any atom is 0.297 e. The molecule has 0 rings (SSSR count). The van der Waals surface area contributed by atoms with Gasteiger partial charge in [0.05, 0.1) is 0 Å². The molecule has 3 nitrogen and oxygen atoms in total. The molecule has 2 unspecified atom stereocenters. The van der Waals surface area contributed by atoms with Crippen LogP contribution in [0, 0.1) is 5.92 Å². The molecule has 0 spiro atoms. The average molecular weight is 214 g/mol. The van der Waals surface area contributed by atoms with Crippen molar-refractivity contribution in [2.45, 2.75) is 39.7 Å². The van der Waals surface area contributed by atoms with E-state index < -0.39 is 9.24 Å². The van der Waals surface area contributed by atoms with Gasteiger partial charge in [-0.3, -0.25) is 0 Å². The molecule has 0 aliphatic carbocycles. The molecule has 0 aromatic carbocycles. The third-order valence-corrected chi connectivity index (χ3v) is 2.75. The smallest absolute Gasteiger partial charge is 0.199 e. The molecule has 0 heterocycles. The minimum absolute atomic E-state index is 0.0811. The van der Waals surface area contributed by atoms with Crippen LogP contribution >= 0.6 is 10.7 Å². The first-order chi connectivity index (χ1) is 5.35. The molecule has 0 amide bonds. The lowest BCUT2D eigenvalue weighted by Gasteiger charge is -2.14. The van der Waals surface area contributed by atoms with Crippen molar-refractivity contribution in [2.75, 3.05) is 0 Å². The van der Waals surface area contributed by atoms with Crippen LogP contribution in [0.1, 0.15) is 33.6 Å². The van der Waals surface area contributed by atoms with Crippen LogP contribution in [-0.4, -0.2) is 14.5 Å². The summed E-state index contributed by atoms with van der Waals surface area (Å²) in [7, 11) is 1.46. The Morgan fingerprint density at radius 3 is 2.25 bits per heavy atom. The van der Waals surface area contributed by atoms with E-state index in [1.165, 1.54) is 0 Å². The monoisotopic (exact) mass is 213 g/mol. The molecule has 74 valence electrons. The van der Waals surface area contributed by atoms with Crippen LogP contribution in [0.5, 0.6) is 0 Å². The molecule has 1 N–H and O–H groups in total. The summed E-state index contributed by atoms with van der Waals surface area (Å²) in [5.74, 6) is 0.519. The zero-order valence-corrected chi connectivity index (χ0v) is 9.24. The Hall–Kier alpha value is 0.200. The molecular formula is C7H16ClNO2S. The van der Waals surface area contributed by atoms with Crippen molar-refractivity contribution in [3.63, 3.8) is 0 Å². The molecule has 0 fully saturated rings. The second-order valence-electron chi connectivity index (χ2n) is 3.21. The van der Waals surface area contributed by atoms with Crippen LogP contribution in [0.3, 0.4) is 0 Å². The second kappa shape index (κ2) is 5.04. The standard InChI is InChI=1S/C7H16ClNO2S/c1-4-6(2)5-7(3)9-12(8,10)11/h6-7,9H,4-5H2,1-3H3. The minimum Gasteiger partial charge on any atom is -0.199 e. The summed E-state index contributed by atoms with van der Waals surface area (Å²) in [5.41, 5.74) is 0. The summed E-state index contributed by atoms with van der Waals surface area (Å²) < 4.78 is 23.5. The van der Waals surface area contributed by atoms with E-state index in [4.69, 9.17) is 10.7 Å². The van der Waals surface area contributed by atoms with Gasteiger partial charge in [0.25, 0.3) is 9.24 Å². The van der Waals surface area contributed by atoms with Gasteiger partial charge in [-0.2, -0.15) is 13.1 Å². The SMILES string of the molecule is CCC(C)CC(C)NS(=O)(=O)Cl. The lowest BCUT2D eigenvalue weighted by atomic mass is 10.0. The first kappa shape index (κ1) is 12.2. The summed E-state index contributed by atoms with van der Waals surface area (Å²) in [6, 6.07) is -0.0811. The van der Waals surface area contributed by atoms with Crippen LogP contribution in [0.15, 0.2) is 0 Å². The predicted molar refractivity (Wildman–Crippen MR) is 51.4 cm³/mol. The highest BCUT2D eigenvalue weighted by Gasteiger charge is 2.12. The molecule has 0 saturated carbocycles. The Balaban J connectivity index is 3.82. The van der Waals surface area contributed by atoms with Crippen LogP contribution in [0.4, 0.5) is 0 Å². The molecule has 0 aromatic heterocycles. The van der Waals surface area contributed by atoms with Crippen molar-refractivity contribution >= 4 is 19.9 Å². The molecule has 0 saturated heterocycles. The summed E-state index contributed by atoms with van der Waals surface area (Å²) in [6.07, 6.45) is 1.87. The highest BCUT2D eigenvalue weighted by atomic mass is 35.7. The normalized spacial score (nSPS) is 17.3. The van der Waals surface area contributed by atoms with Gasteiger partial charge >= 0.3 is 0 Å². The fourth-order valence-electron chi connectivity index (χ4n) is 1.06. The fourth-order valence-corrected chi connectivity index (χ4v) is 2.09. The molecule has 0 aromatic rings. The second-order valence-corrected chi connectivity index (χ2v) is 5.54. The average Bonchev–Trinajstić information content (AvgIpc) is 1.82. The highest BCUT2D eigenvalue weighted by molar-refractivity contribution is 8.12. The maximum atomic E-state index is 10.6. The van der Waals surface area contributed by atoms with E-state index in [-0.39, 0.29) is 6.04 Å². The van der Waals surface area contributed by atoms with E-state index >= 15 is 0 Å². The minimum atomic E-state index is -3.55. The first-order valence-corrected chi connectivity index (χ1v) is 6.38. The van der Waals surface area contributed by atoms with Gasteiger partial charge in [-0.25, -0.2) is 0 Å². The van der Waals surface area contributed by atoms with Crippen LogP contribution in [0.25, 0.3) is 0 Å². The van der Waals surface area contributed by atoms with Gasteiger partial charge in [-0.15, -0.1) is 0 Å². The highest BCUT2D eigenvalue weighted by Crippen LogP contribution is 2.10. The Labute approximate surface area is 79.0 Å². The van der Waals surface area contributed by atoms with Crippen molar-refractivity contribution in [3.05, 3.63) is 0 Å². The summed E-state index contributed by atoms with van der Waals surface area (Å²) in [6.45, 7) is 5.97. The molecular weight excluding hydrogens is 198 g/mol. The number of nitrogens with one attached hydrogen (secondary N) is 1. The van der Waals surface area contributed by atoms with Crippen molar-refractivity contribution in [1.29, 1.82) is 0 Å². The van der Waals surface area contributed by atoms with Gasteiger partial charge in [-0.1, -0.05) is 20.3 Å². The van der Waals surface area contributed by atoms with E-state index in [0.29, 0.717) is 5.92 Å². The summed E-state index contributed by atoms with van der Waals surface area (Å²) in [5, 5.41) is 0. The van der Waals surface area contributed by atoms with Gasteiger partial charge in [0.15, 0.2) is 0 Å². The van der Waals surface area contributed by atoms with E-state index in [0.717, 1.165) is 12.8 Å². The van der Waals surface area contributed by atoms with E-state index in [2.05, 4.69) is 18.6 Å². The number of rotatable bonds is 5. The Morgan fingerprint density at radius 1 is 1.42 bits per heavy atom. The van der Waals surface area contributed by atoms with Crippen molar-refractivity contribution in [3.8, 4) is 0 Å². The zero-order valence-electron chi connectivity index (χ0n) is 7.67. The third kappa shape index (κ3) is 6.88. The molecule has 12 heavy (non-hydrogen) atoms. The van der Waals surface area contributed by atoms with Gasteiger partial charge in [0, 0.05) is 16.7 Å². The van der Waals surface area contributed by atoms with E-state index in [9.17, 15) is 8.42 Å². The molecule has 2 atom stereocenters. The number of hydrogen-bond acceptors (Lipinski definition) is 2. The van der Waals surface area contributed by atoms with E-state index in [1.807, 2.05) is 6.92 Å². The number of hydrogen-bond donors (Lipinski definition) is 1. The zero-order chi connectivity index (χ0) is 9.78. The van der Waals surface area contributed by atoms with Crippen LogP contribution in [-0.2, 0) is 9.24 Å². The van der Waals surface area contributed by atoms with Crippen molar-refractivity contribution < 1.29 is 8.42 Å². The summed E-state index contributed by atoms with van der Waals surface area (Å²) in [4.78, 5) is 0. The van der Waals surface area contributed by atoms with Gasteiger partial charge in [0.2, 0.25) is 0 Å². The van der Waals surface area contributed by atoms with Crippen LogP contribution < -0.4 is 4.72 Å². The van der Waals surface area contributed by atoms with Gasteiger partial charge < -0.3 is 0 Å². The van der Waals surface area contributed by atoms with Gasteiger partial charge in [-0.05, 0) is 19.3 Å². The lowest BCUT2D eigenvalue weighted by molar-refractivity contribution is 0.448. The third-order valence-electron chi connectivity index (χ3n) is 1.79. The first-order valence-electron chi connectivity index (χ1n) is 4.07. The molecule has 0 aliphatic heterocycles. The lowest BCUT2D eigenvalue weighted by Crippen LogP contribution is -2.30. The fraction of sp³-hybridized carbons (Fsp3) is 1.00.